The minimum atomic E-state index is -4.59. The van der Waals surface area contributed by atoms with Crippen LogP contribution in [0.4, 0.5) is 27.8 Å². The number of aromatic nitrogens is 1. The summed E-state index contributed by atoms with van der Waals surface area (Å²) in [6.45, 7) is 1.02. The molecular weight excluding hydrogens is 259 g/mol. The summed E-state index contributed by atoms with van der Waals surface area (Å²) >= 11 is 0. The van der Waals surface area contributed by atoms with E-state index in [0.717, 1.165) is 6.07 Å². The highest BCUT2D eigenvalue weighted by Crippen LogP contribution is 2.32. The summed E-state index contributed by atoms with van der Waals surface area (Å²) in [5, 5.41) is 2.57. The molecule has 0 aliphatic carbocycles. The van der Waals surface area contributed by atoms with Gasteiger partial charge in [-0.2, -0.15) is 18.2 Å². The van der Waals surface area contributed by atoms with Crippen LogP contribution in [0.15, 0.2) is 12.1 Å². The number of halogens is 5. The molecule has 0 saturated heterocycles. The molecule has 1 N–H and O–H groups in total. The lowest BCUT2D eigenvalue weighted by molar-refractivity contribution is -0.137. The van der Waals surface area contributed by atoms with Crippen LogP contribution < -0.4 is 10.1 Å². The average molecular weight is 270 g/mol. The summed E-state index contributed by atoms with van der Waals surface area (Å²) in [6, 6.07) is 1.38. The normalized spacial score (nSPS) is 11.7. The SMILES string of the molecule is CCNc1cc(C(F)(F)F)cc(OCC(F)F)n1. The summed E-state index contributed by atoms with van der Waals surface area (Å²) in [6.07, 6.45) is -7.36. The second kappa shape index (κ2) is 5.83. The number of nitrogens with zero attached hydrogens (tertiary/aromatic N) is 1. The van der Waals surface area contributed by atoms with Crippen molar-refractivity contribution in [3.63, 3.8) is 0 Å². The Bertz CT molecular complexity index is 394. The first-order chi connectivity index (χ1) is 8.32. The molecule has 0 aliphatic rings. The molecule has 1 heterocycles. The number of pyridine rings is 1. The van der Waals surface area contributed by atoms with Gasteiger partial charge in [0.2, 0.25) is 5.88 Å². The Morgan fingerprint density at radius 3 is 2.50 bits per heavy atom. The Labute approximate surface area is 100.0 Å². The van der Waals surface area contributed by atoms with E-state index in [9.17, 15) is 22.0 Å². The van der Waals surface area contributed by atoms with Crippen LogP contribution in [0, 0.1) is 0 Å². The van der Waals surface area contributed by atoms with Crippen molar-refractivity contribution >= 4 is 5.82 Å². The third-order valence-corrected chi connectivity index (χ3v) is 1.84. The maximum atomic E-state index is 12.5. The summed E-state index contributed by atoms with van der Waals surface area (Å²) in [7, 11) is 0. The minimum absolute atomic E-state index is 0.0726. The first kappa shape index (κ1) is 14.5. The van der Waals surface area contributed by atoms with Crippen LogP contribution in [-0.4, -0.2) is 24.6 Å². The fraction of sp³-hybridized carbons (Fsp3) is 0.500. The zero-order chi connectivity index (χ0) is 13.8. The van der Waals surface area contributed by atoms with Gasteiger partial charge >= 0.3 is 6.18 Å². The molecule has 0 spiro atoms. The number of ether oxygens (including phenoxy) is 1. The highest BCUT2D eigenvalue weighted by Gasteiger charge is 2.32. The van der Waals surface area contributed by atoms with Crippen LogP contribution in [0.25, 0.3) is 0 Å². The van der Waals surface area contributed by atoms with Gasteiger partial charge in [0, 0.05) is 12.6 Å². The summed E-state index contributed by atoms with van der Waals surface area (Å²) < 4.78 is 65.9. The molecule has 1 aromatic heterocycles. The van der Waals surface area contributed by atoms with Gasteiger partial charge in [0.25, 0.3) is 6.43 Å². The molecule has 1 rings (SSSR count). The van der Waals surface area contributed by atoms with Gasteiger partial charge in [0.1, 0.15) is 5.82 Å². The van der Waals surface area contributed by atoms with E-state index in [2.05, 4.69) is 15.0 Å². The Balaban J connectivity index is 2.98. The minimum Gasteiger partial charge on any atom is -0.472 e. The predicted octanol–water partition coefficient (Wildman–Crippen LogP) is 3.18. The number of alkyl halides is 5. The predicted molar refractivity (Wildman–Crippen MR) is 54.9 cm³/mol. The lowest BCUT2D eigenvalue weighted by Gasteiger charge is -2.12. The monoisotopic (exact) mass is 270 g/mol. The fourth-order valence-corrected chi connectivity index (χ4v) is 1.16. The molecule has 1 aromatic rings. The molecule has 0 unspecified atom stereocenters. The van der Waals surface area contributed by atoms with E-state index < -0.39 is 30.7 Å². The number of hydrogen-bond acceptors (Lipinski definition) is 3. The Hall–Kier alpha value is -1.60. The number of nitrogens with one attached hydrogen (secondary N) is 1. The maximum absolute atomic E-state index is 12.5. The van der Waals surface area contributed by atoms with Gasteiger partial charge in [-0.05, 0) is 13.0 Å². The first-order valence-corrected chi connectivity index (χ1v) is 5.07. The van der Waals surface area contributed by atoms with Crippen LogP contribution in [0.2, 0.25) is 0 Å². The van der Waals surface area contributed by atoms with Crippen molar-refractivity contribution in [1.29, 1.82) is 0 Å². The molecule has 0 amide bonds. The number of rotatable bonds is 5. The molecule has 0 atom stereocenters. The van der Waals surface area contributed by atoms with Crippen LogP contribution in [0.1, 0.15) is 12.5 Å². The molecule has 3 nitrogen and oxygen atoms in total. The molecule has 18 heavy (non-hydrogen) atoms. The van der Waals surface area contributed by atoms with E-state index in [1.807, 2.05) is 0 Å². The van der Waals surface area contributed by atoms with Crippen molar-refractivity contribution in [2.24, 2.45) is 0 Å². The van der Waals surface area contributed by atoms with E-state index in [-0.39, 0.29) is 5.82 Å². The summed E-state index contributed by atoms with van der Waals surface area (Å²) in [4.78, 5) is 3.64. The zero-order valence-electron chi connectivity index (χ0n) is 9.39. The molecular formula is C10H11F5N2O. The molecule has 0 bridgehead atoms. The van der Waals surface area contributed by atoms with E-state index in [1.54, 1.807) is 6.92 Å². The highest BCUT2D eigenvalue weighted by atomic mass is 19.4. The van der Waals surface area contributed by atoms with Gasteiger partial charge in [0.15, 0.2) is 6.61 Å². The van der Waals surface area contributed by atoms with Gasteiger partial charge in [-0.1, -0.05) is 0 Å². The van der Waals surface area contributed by atoms with E-state index in [0.29, 0.717) is 12.6 Å². The lowest BCUT2D eigenvalue weighted by Crippen LogP contribution is -2.12. The van der Waals surface area contributed by atoms with Crippen LogP contribution in [0.3, 0.4) is 0 Å². The lowest BCUT2D eigenvalue weighted by atomic mass is 10.2. The van der Waals surface area contributed by atoms with E-state index in [1.165, 1.54) is 0 Å². The smallest absolute Gasteiger partial charge is 0.416 e. The Morgan fingerprint density at radius 1 is 1.33 bits per heavy atom. The van der Waals surface area contributed by atoms with Crippen molar-refractivity contribution in [3.8, 4) is 5.88 Å². The van der Waals surface area contributed by atoms with Crippen molar-refractivity contribution in [3.05, 3.63) is 17.7 Å². The van der Waals surface area contributed by atoms with Crippen LogP contribution in [-0.2, 0) is 6.18 Å². The molecule has 0 saturated carbocycles. The van der Waals surface area contributed by atoms with Crippen molar-refractivity contribution in [2.75, 3.05) is 18.5 Å². The summed E-state index contributed by atoms with van der Waals surface area (Å²) in [5.74, 6) is -0.558. The topological polar surface area (TPSA) is 34.1 Å². The van der Waals surface area contributed by atoms with Crippen molar-refractivity contribution in [2.45, 2.75) is 19.5 Å². The quantitative estimate of drug-likeness (QED) is 0.834. The standard InChI is InChI=1S/C10H11F5N2O/c1-2-16-8-3-6(10(13,14)15)4-9(17-8)18-5-7(11)12/h3-4,7H,2,5H2,1H3,(H,16,17). The van der Waals surface area contributed by atoms with Crippen molar-refractivity contribution in [1.82, 2.24) is 4.98 Å². The van der Waals surface area contributed by atoms with Gasteiger partial charge in [-0.25, -0.2) is 8.78 Å². The molecule has 8 heteroatoms. The van der Waals surface area contributed by atoms with E-state index in [4.69, 9.17) is 0 Å². The third kappa shape index (κ3) is 4.34. The first-order valence-electron chi connectivity index (χ1n) is 5.07. The second-order valence-corrected chi connectivity index (χ2v) is 3.31. The third-order valence-electron chi connectivity index (χ3n) is 1.84. The van der Waals surface area contributed by atoms with Gasteiger partial charge in [-0.3, -0.25) is 0 Å². The van der Waals surface area contributed by atoms with E-state index >= 15 is 0 Å². The molecule has 0 aliphatic heterocycles. The van der Waals surface area contributed by atoms with Gasteiger partial charge in [-0.15, -0.1) is 0 Å². The summed E-state index contributed by atoms with van der Waals surface area (Å²) in [5.41, 5.74) is -1.00. The van der Waals surface area contributed by atoms with Crippen LogP contribution in [0.5, 0.6) is 5.88 Å². The van der Waals surface area contributed by atoms with Crippen molar-refractivity contribution < 1.29 is 26.7 Å². The number of anilines is 1. The second-order valence-electron chi connectivity index (χ2n) is 3.31. The maximum Gasteiger partial charge on any atom is 0.416 e. The fourth-order valence-electron chi connectivity index (χ4n) is 1.16. The molecule has 102 valence electrons. The molecule has 0 fully saturated rings. The molecule has 0 aromatic carbocycles. The Morgan fingerprint density at radius 2 is 2.00 bits per heavy atom. The molecule has 0 radical (unpaired) electrons. The van der Waals surface area contributed by atoms with Crippen LogP contribution >= 0.6 is 0 Å². The largest absolute Gasteiger partial charge is 0.472 e. The average Bonchev–Trinajstić information content (AvgIpc) is 2.25. The van der Waals surface area contributed by atoms with Gasteiger partial charge < -0.3 is 10.1 Å². The highest BCUT2D eigenvalue weighted by molar-refractivity contribution is 5.42. The van der Waals surface area contributed by atoms with Gasteiger partial charge in [0.05, 0.1) is 5.56 Å². The zero-order valence-corrected chi connectivity index (χ0v) is 9.39. The number of hydrogen-bond donors (Lipinski definition) is 1. The Kier molecular flexibility index (Phi) is 4.69.